The van der Waals surface area contributed by atoms with Crippen LogP contribution in [0.1, 0.15) is 22.3 Å². The van der Waals surface area contributed by atoms with Gasteiger partial charge >= 0.3 is 0 Å². The Labute approximate surface area is 197 Å². The maximum absolute atomic E-state index is 10.4. The summed E-state index contributed by atoms with van der Waals surface area (Å²) in [7, 11) is -0.939. The molecule has 0 aliphatic carbocycles. The van der Waals surface area contributed by atoms with Crippen LogP contribution in [-0.2, 0) is 6.54 Å². The van der Waals surface area contributed by atoms with E-state index < -0.39 is 10.6 Å². The summed E-state index contributed by atoms with van der Waals surface area (Å²) in [6.45, 7) is 4.35. The zero-order valence-electron chi connectivity index (χ0n) is 18.7. The smallest absolute Gasteiger partial charge is 0.189 e. The highest BCUT2D eigenvalue weighted by molar-refractivity contribution is 8.24. The molecule has 0 bridgehead atoms. The van der Waals surface area contributed by atoms with Gasteiger partial charge in [0.15, 0.2) is 17.3 Å². The van der Waals surface area contributed by atoms with E-state index in [2.05, 4.69) is 20.4 Å². The van der Waals surface area contributed by atoms with E-state index >= 15 is 0 Å². The standard InChI is InChI=1S/C24H27N5O3S.2H2/c1-15(2)33(30,31)19-10-8-18(9-11-19)21-14-27-24(25)23(28-21)22-12-20(29-32-22)17-6-4-16(5-7-17)13-26-3;;/h4-12,14-15,26,30-31H,13H2,1-3H3,(H2,25,27);2*1H. The molecule has 8 nitrogen and oxygen atoms in total. The van der Waals surface area contributed by atoms with Crippen LogP contribution in [0.3, 0.4) is 0 Å². The lowest BCUT2D eigenvalue weighted by atomic mass is 10.1. The van der Waals surface area contributed by atoms with Gasteiger partial charge in [-0.1, -0.05) is 41.6 Å². The van der Waals surface area contributed by atoms with E-state index in [4.69, 9.17) is 10.3 Å². The minimum atomic E-state index is -2.85. The van der Waals surface area contributed by atoms with Crippen molar-refractivity contribution >= 4 is 16.4 Å². The fourth-order valence-electron chi connectivity index (χ4n) is 3.34. The molecule has 176 valence electrons. The lowest BCUT2D eigenvalue weighted by Crippen LogP contribution is -2.10. The Hall–Kier alpha value is -3.24. The van der Waals surface area contributed by atoms with E-state index in [1.54, 1.807) is 50.4 Å². The van der Waals surface area contributed by atoms with Gasteiger partial charge in [0.2, 0.25) is 0 Å². The molecule has 9 heteroatoms. The number of aromatic nitrogens is 3. The Kier molecular flexibility index (Phi) is 6.48. The molecule has 33 heavy (non-hydrogen) atoms. The average molecular weight is 470 g/mol. The molecule has 2 aromatic heterocycles. The first-order valence-corrected chi connectivity index (χ1v) is 12.1. The second-order valence-corrected chi connectivity index (χ2v) is 10.6. The second-order valence-electron chi connectivity index (χ2n) is 7.96. The summed E-state index contributed by atoms with van der Waals surface area (Å²) in [6.07, 6.45) is 1.58. The number of hydrogen-bond acceptors (Lipinski definition) is 8. The largest absolute Gasteiger partial charge is 0.382 e. The molecule has 0 fully saturated rings. The summed E-state index contributed by atoms with van der Waals surface area (Å²) in [5, 5.41) is 7.02. The van der Waals surface area contributed by atoms with Gasteiger partial charge in [0.05, 0.1) is 16.8 Å². The molecule has 0 saturated carbocycles. The van der Waals surface area contributed by atoms with Crippen LogP contribution in [0.5, 0.6) is 0 Å². The van der Waals surface area contributed by atoms with Crippen LogP contribution in [0.2, 0.25) is 0 Å². The van der Waals surface area contributed by atoms with Crippen molar-refractivity contribution in [1.82, 2.24) is 20.4 Å². The highest BCUT2D eigenvalue weighted by Crippen LogP contribution is 2.52. The average Bonchev–Trinajstić information content (AvgIpc) is 3.30. The lowest BCUT2D eigenvalue weighted by molar-refractivity contribution is 0.434. The number of rotatable bonds is 7. The molecular weight excluding hydrogens is 438 g/mol. The zero-order chi connectivity index (χ0) is 23.6. The molecule has 2 aromatic carbocycles. The first kappa shape index (κ1) is 22.9. The van der Waals surface area contributed by atoms with E-state index in [-0.39, 0.29) is 13.9 Å². The Bertz CT molecular complexity index is 1250. The molecule has 4 rings (SSSR count). The van der Waals surface area contributed by atoms with Gasteiger partial charge < -0.3 is 15.6 Å². The van der Waals surface area contributed by atoms with Crippen molar-refractivity contribution in [3.63, 3.8) is 0 Å². The number of nitrogens with zero attached hydrogens (tertiary/aromatic N) is 3. The topological polar surface area (TPSA) is 130 Å². The normalized spacial score (nSPS) is 12.3. The SMILES string of the molecule is CNCc1ccc(-c2cc(-c3nc(-c4ccc(S(O)(O)C(C)C)cc4)cnc3N)on2)cc1.[HH].[HH]. The van der Waals surface area contributed by atoms with Gasteiger partial charge in [0.25, 0.3) is 0 Å². The molecule has 0 radical (unpaired) electrons. The summed E-state index contributed by atoms with van der Waals surface area (Å²) >= 11 is 0. The number of anilines is 1. The predicted molar refractivity (Wildman–Crippen MR) is 136 cm³/mol. The molecule has 0 aliphatic rings. The predicted octanol–water partition coefficient (Wildman–Crippen LogP) is 5.78. The second kappa shape index (κ2) is 9.32. The van der Waals surface area contributed by atoms with Crippen molar-refractivity contribution in [2.75, 3.05) is 12.8 Å². The van der Waals surface area contributed by atoms with Gasteiger partial charge in [0.1, 0.15) is 5.69 Å². The number of nitrogens with two attached hydrogens (primary N) is 1. The molecule has 0 spiro atoms. The summed E-state index contributed by atoms with van der Waals surface area (Å²) in [4.78, 5) is 9.40. The van der Waals surface area contributed by atoms with Crippen molar-refractivity contribution in [1.29, 1.82) is 0 Å². The Balaban J connectivity index is 0.00000216. The molecule has 4 aromatic rings. The summed E-state index contributed by atoms with van der Waals surface area (Å²) in [6, 6.07) is 16.8. The van der Waals surface area contributed by atoms with Crippen LogP contribution in [-0.4, -0.2) is 36.5 Å². The summed E-state index contributed by atoms with van der Waals surface area (Å²) in [5.41, 5.74) is 10.6. The molecule has 2 heterocycles. The Morgan fingerprint density at radius 2 is 1.67 bits per heavy atom. The first-order chi connectivity index (χ1) is 15.8. The van der Waals surface area contributed by atoms with Crippen LogP contribution >= 0.6 is 10.6 Å². The van der Waals surface area contributed by atoms with Gasteiger partial charge in [-0.2, -0.15) is 10.6 Å². The lowest BCUT2D eigenvalue weighted by Gasteiger charge is -2.36. The monoisotopic (exact) mass is 469 g/mol. The van der Waals surface area contributed by atoms with Gasteiger partial charge in [-0.05, 0) is 38.6 Å². The third-order valence-corrected chi connectivity index (χ3v) is 7.61. The maximum Gasteiger partial charge on any atom is 0.189 e. The maximum atomic E-state index is 10.4. The Morgan fingerprint density at radius 3 is 2.30 bits per heavy atom. The van der Waals surface area contributed by atoms with E-state index in [1.165, 1.54) is 5.56 Å². The van der Waals surface area contributed by atoms with E-state index in [0.29, 0.717) is 27.7 Å². The molecule has 0 amide bonds. The molecule has 0 saturated heterocycles. The first-order valence-electron chi connectivity index (χ1n) is 10.5. The van der Waals surface area contributed by atoms with Gasteiger partial charge in [-0.3, -0.25) is 9.11 Å². The van der Waals surface area contributed by atoms with E-state index in [0.717, 1.165) is 17.7 Å². The third kappa shape index (κ3) is 4.76. The third-order valence-electron chi connectivity index (χ3n) is 5.33. The van der Waals surface area contributed by atoms with Crippen molar-refractivity contribution < 1.29 is 16.5 Å². The number of benzene rings is 2. The highest BCUT2D eigenvalue weighted by Gasteiger charge is 2.20. The van der Waals surface area contributed by atoms with E-state index in [1.807, 2.05) is 31.3 Å². The van der Waals surface area contributed by atoms with Crippen molar-refractivity contribution in [2.24, 2.45) is 0 Å². The Morgan fingerprint density at radius 1 is 1.03 bits per heavy atom. The molecular formula is C24H31N5O3S. The summed E-state index contributed by atoms with van der Waals surface area (Å²) < 4.78 is 26.3. The number of nitrogen functional groups attached to an aromatic ring is 1. The van der Waals surface area contributed by atoms with Gasteiger partial charge in [-0.15, -0.1) is 0 Å². The number of hydrogen-bond donors (Lipinski definition) is 4. The van der Waals surface area contributed by atoms with Crippen LogP contribution < -0.4 is 11.1 Å². The van der Waals surface area contributed by atoms with Gasteiger partial charge in [-0.25, -0.2) is 9.97 Å². The molecule has 0 atom stereocenters. The van der Waals surface area contributed by atoms with Crippen molar-refractivity contribution in [3.05, 3.63) is 66.4 Å². The minimum absolute atomic E-state index is 0. The molecule has 0 unspecified atom stereocenters. The quantitative estimate of drug-likeness (QED) is 0.268. The van der Waals surface area contributed by atoms with Crippen LogP contribution in [0, 0.1) is 0 Å². The van der Waals surface area contributed by atoms with Crippen LogP contribution in [0.25, 0.3) is 34.0 Å². The van der Waals surface area contributed by atoms with Crippen molar-refractivity contribution in [2.45, 2.75) is 30.5 Å². The summed E-state index contributed by atoms with van der Waals surface area (Å²) in [5.74, 6) is 0.651. The molecule has 5 N–H and O–H groups in total. The fourth-order valence-corrected chi connectivity index (χ4v) is 4.42. The van der Waals surface area contributed by atoms with E-state index in [9.17, 15) is 9.11 Å². The van der Waals surface area contributed by atoms with Crippen LogP contribution in [0.4, 0.5) is 5.82 Å². The molecule has 0 aliphatic heterocycles. The van der Waals surface area contributed by atoms with Crippen molar-refractivity contribution in [3.8, 4) is 34.0 Å². The zero-order valence-corrected chi connectivity index (χ0v) is 19.5. The van der Waals surface area contributed by atoms with Crippen LogP contribution in [0.15, 0.2) is 70.2 Å². The minimum Gasteiger partial charge on any atom is -0.382 e. The highest BCUT2D eigenvalue weighted by atomic mass is 32.3. The fraction of sp³-hybridized carbons (Fsp3) is 0.208. The van der Waals surface area contributed by atoms with Gasteiger partial charge in [0, 0.05) is 31.8 Å². The number of nitrogens with one attached hydrogen (secondary N) is 1.